The predicted molar refractivity (Wildman–Crippen MR) is 87.8 cm³/mol. The molecule has 0 spiro atoms. The molecule has 0 saturated carbocycles. The molecule has 1 aromatic carbocycles. The van der Waals surface area contributed by atoms with Gasteiger partial charge < -0.3 is 16.2 Å². The molecular weight excluding hydrogens is 248 g/mol. The monoisotopic (exact) mass is 278 g/mol. The first-order valence-electron chi connectivity index (χ1n) is 7.42. The van der Waals surface area contributed by atoms with E-state index in [1.807, 2.05) is 12.1 Å². The molecule has 114 valence electrons. The molecule has 0 fully saturated rings. The summed E-state index contributed by atoms with van der Waals surface area (Å²) in [6.45, 7) is 13.4. The van der Waals surface area contributed by atoms with Crippen molar-refractivity contribution < 1.29 is 4.74 Å². The molecule has 0 bridgehead atoms. The zero-order valence-corrected chi connectivity index (χ0v) is 13.8. The minimum absolute atomic E-state index is 0.193. The van der Waals surface area contributed by atoms with Gasteiger partial charge in [0.05, 0.1) is 11.4 Å². The second kappa shape index (κ2) is 5.94. The maximum absolute atomic E-state index is 6.24. The van der Waals surface area contributed by atoms with E-state index >= 15 is 0 Å². The van der Waals surface area contributed by atoms with Crippen LogP contribution in [0.1, 0.15) is 54.4 Å². The Morgan fingerprint density at radius 3 is 2.10 bits per heavy atom. The van der Waals surface area contributed by atoms with Gasteiger partial charge >= 0.3 is 0 Å². The van der Waals surface area contributed by atoms with Gasteiger partial charge in [0, 0.05) is 12.0 Å². The van der Waals surface area contributed by atoms with Crippen LogP contribution in [0.2, 0.25) is 0 Å². The summed E-state index contributed by atoms with van der Waals surface area (Å²) in [5.74, 6) is 1.24. The van der Waals surface area contributed by atoms with Crippen molar-refractivity contribution in [3.63, 3.8) is 0 Å². The lowest BCUT2D eigenvalue weighted by Gasteiger charge is -2.43. The van der Waals surface area contributed by atoms with Crippen LogP contribution in [0.4, 0.5) is 11.4 Å². The largest absolute Gasteiger partial charge is 0.487 e. The van der Waals surface area contributed by atoms with Gasteiger partial charge in [0.1, 0.15) is 11.4 Å². The summed E-state index contributed by atoms with van der Waals surface area (Å²) in [6, 6.07) is 5.49. The van der Waals surface area contributed by atoms with Crippen molar-refractivity contribution in [2.45, 2.75) is 60.0 Å². The van der Waals surface area contributed by atoms with Crippen molar-refractivity contribution in [2.24, 2.45) is 11.3 Å². The van der Waals surface area contributed by atoms with Crippen LogP contribution in [0.5, 0.6) is 5.75 Å². The van der Waals surface area contributed by atoms with Crippen molar-refractivity contribution >= 4 is 11.4 Å². The molecule has 0 heterocycles. The van der Waals surface area contributed by atoms with E-state index in [2.05, 4.69) is 41.5 Å². The molecule has 1 aromatic rings. The minimum Gasteiger partial charge on any atom is -0.487 e. The minimum atomic E-state index is -0.253. The highest BCUT2D eigenvalue weighted by Crippen LogP contribution is 2.40. The Labute approximate surface area is 123 Å². The van der Waals surface area contributed by atoms with Crippen LogP contribution in [0, 0.1) is 11.3 Å². The van der Waals surface area contributed by atoms with Gasteiger partial charge in [-0.1, -0.05) is 34.1 Å². The Bertz CT molecular complexity index is 447. The summed E-state index contributed by atoms with van der Waals surface area (Å²) in [5.41, 5.74) is 12.7. The van der Waals surface area contributed by atoms with E-state index in [1.165, 1.54) is 0 Å². The van der Waals surface area contributed by atoms with Crippen LogP contribution in [-0.2, 0) is 0 Å². The molecule has 1 rings (SSSR count). The molecule has 1 atom stereocenters. The quantitative estimate of drug-likeness (QED) is 0.781. The zero-order valence-electron chi connectivity index (χ0n) is 13.8. The van der Waals surface area contributed by atoms with Crippen molar-refractivity contribution in [1.82, 2.24) is 0 Å². The molecule has 0 aliphatic rings. The lowest BCUT2D eigenvalue weighted by atomic mass is 9.69. The van der Waals surface area contributed by atoms with Gasteiger partial charge in [-0.2, -0.15) is 0 Å². The van der Waals surface area contributed by atoms with Gasteiger partial charge in [-0.3, -0.25) is 0 Å². The molecule has 4 N–H and O–H groups in total. The fraction of sp³-hybridized carbons (Fsp3) is 0.647. The van der Waals surface area contributed by atoms with E-state index in [-0.39, 0.29) is 11.0 Å². The zero-order chi connectivity index (χ0) is 15.6. The molecule has 0 aromatic heterocycles. The first kappa shape index (κ1) is 16.7. The maximum Gasteiger partial charge on any atom is 0.122 e. The summed E-state index contributed by atoms with van der Waals surface area (Å²) >= 11 is 0. The third-order valence-corrected chi connectivity index (χ3v) is 3.90. The Kier molecular flexibility index (Phi) is 4.95. The molecule has 20 heavy (non-hydrogen) atoms. The summed E-state index contributed by atoms with van der Waals surface area (Å²) in [6.07, 6.45) is 2.29. The predicted octanol–water partition coefficient (Wildman–Crippen LogP) is 4.47. The average molecular weight is 278 g/mol. The highest BCUT2D eigenvalue weighted by molar-refractivity contribution is 5.65. The first-order valence-corrected chi connectivity index (χ1v) is 7.42. The SMILES string of the molecule is CCCC(C(C)(C)C)C(C)(C)Oc1ccc(N)c(N)c1. The molecule has 1 unspecified atom stereocenters. The highest BCUT2D eigenvalue weighted by atomic mass is 16.5. The third-order valence-electron chi connectivity index (χ3n) is 3.90. The van der Waals surface area contributed by atoms with Crippen LogP contribution in [0.25, 0.3) is 0 Å². The second-order valence-corrected chi connectivity index (χ2v) is 7.20. The molecule has 3 nitrogen and oxygen atoms in total. The molecule has 0 saturated heterocycles. The van der Waals surface area contributed by atoms with Gasteiger partial charge in [0.15, 0.2) is 0 Å². The van der Waals surface area contributed by atoms with E-state index in [4.69, 9.17) is 16.2 Å². The van der Waals surface area contributed by atoms with Gasteiger partial charge in [0.25, 0.3) is 0 Å². The first-order chi connectivity index (χ1) is 9.08. The second-order valence-electron chi connectivity index (χ2n) is 7.20. The lowest BCUT2D eigenvalue weighted by molar-refractivity contribution is -0.0158. The average Bonchev–Trinajstić information content (AvgIpc) is 2.28. The van der Waals surface area contributed by atoms with Gasteiger partial charge in [-0.15, -0.1) is 0 Å². The molecule has 0 amide bonds. The van der Waals surface area contributed by atoms with E-state index in [1.54, 1.807) is 6.07 Å². The number of benzene rings is 1. The Morgan fingerprint density at radius 2 is 1.65 bits per heavy atom. The van der Waals surface area contributed by atoms with Crippen molar-refractivity contribution in [2.75, 3.05) is 11.5 Å². The normalized spacial score (nSPS) is 14.1. The van der Waals surface area contributed by atoms with Crippen molar-refractivity contribution in [3.8, 4) is 5.75 Å². The van der Waals surface area contributed by atoms with Crippen LogP contribution in [0.15, 0.2) is 18.2 Å². The summed E-state index contributed by atoms with van der Waals surface area (Å²) < 4.78 is 6.24. The Balaban J connectivity index is 2.98. The third kappa shape index (κ3) is 4.06. The smallest absolute Gasteiger partial charge is 0.122 e. The highest BCUT2D eigenvalue weighted by Gasteiger charge is 2.39. The molecule has 3 heteroatoms. The van der Waals surface area contributed by atoms with Crippen molar-refractivity contribution in [1.29, 1.82) is 0 Å². The van der Waals surface area contributed by atoms with E-state index in [0.717, 1.165) is 18.6 Å². The van der Waals surface area contributed by atoms with Gasteiger partial charge in [-0.25, -0.2) is 0 Å². The fourth-order valence-corrected chi connectivity index (χ4v) is 3.10. The fourth-order valence-electron chi connectivity index (χ4n) is 3.10. The number of nitrogen functional groups attached to an aromatic ring is 2. The van der Waals surface area contributed by atoms with Crippen LogP contribution < -0.4 is 16.2 Å². The number of ether oxygens (including phenoxy) is 1. The lowest BCUT2D eigenvalue weighted by Crippen LogP contribution is -2.44. The molecule has 0 aliphatic carbocycles. The van der Waals surface area contributed by atoms with Gasteiger partial charge in [0.2, 0.25) is 0 Å². The topological polar surface area (TPSA) is 61.3 Å². The number of nitrogens with two attached hydrogens (primary N) is 2. The van der Waals surface area contributed by atoms with E-state index in [0.29, 0.717) is 17.3 Å². The number of hydrogen-bond donors (Lipinski definition) is 2. The summed E-state index contributed by atoms with van der Waals surface area (Å²) in [7, 11) is 0. The molecule has 0 radical (unpaired) electrons. The molecular formula is C17H30N2O. The summed E-state index contributed by atoms with van der Waals surface area (Å²) in [5, 5.41) is 0. The standard InChI is InChI=1S/C17H30N2O/c1-7-8-15(16(2,3)4)17(5,6)20-12-9-10-13(18)14(19)11-12/h9-11,15H,7-8,18-19H2,1-6H3. The van der Waals surface area contributed by atoms with Crippen LogP contribution in [-0.4, -0.2) is 5.60 Å². The number of rotatable bonds is 5. The maximum atomic E-state index is 6.24. The van der Waals surface area contributed by atoms with Gasteiger partial charge in [-0.05, 0) is 37.8 Å². The van der Waals surface area contributed by atoms with E-state index < -0.39 is 0 Å². The molecule has 0 aliphatic heterocycles. The van der Waals surface area contributed by atoms with Crippen molar-refractivity contribution in [3.05, 3.63) is 18.2 Å². The van der Waals surface area contributed by atoms with Crippen LogP contribution in [0.3, 0.4) is 0 Å². The number of anilines is 2. The van der Waals surface area contributed by atoms with Crippen LogP contribution >= 0.6 is 0 Å². The Morgan fingerprint density at radius 1 is 1.05 bits per heavy atom. The summed E-state index contributed by atoms with van der Waals surface area (Å²) in [4.78, 5) is 0. The Hall–Kier alpha value is -1.38. The van der Waals surface area contributed by atoms with E-state index in [9.17, 15) is 0 Å². The number of hydrogen-bond acceptors (Lipinski definition) is 3.